The molecule has 0 spiro atoms. The molecule has 7 nitrogen and oxygen atoms in total. The van der Waals surface area contributed by atoms with Crippen molar-refractivity contribution in [2.75, 3.05) is 0 Å². The van der Waals surface area contributed by atoms with Gasteiger partial charge in [-0.15, -0.1) is 4.91 Å². The number of nitroso groups, excluding NO2 is 1. The number of hydrogen-bond acceptors (Lipinski definition) is 5. The number of amides is 1. The summed E-state index contributed by atoms with van der Waals surface area (Å²) >= 11 is 0. The van der Waals surface area contributed by atoms with Gasteiger partial charge in [0, 0.05) is 11.8 Å². The van der Waals surface area contributed by atoms with Crippen LogP contribution in [-0.4, -0.2) is 22.9 Å². The first-order valence-electron chi connectivity index (χ1n) is 3.83. The molecule has 0 heterocycles. The van der Waals surface area contributed by atoms with Crippen molar-refractivity contribution in [3.8, 4) is 0 Å². The minimum Gasteiger partial charge on any atom is -0.367 e. The largest absolute Gasteiger partial charge is 0.367 e. The van der Waals surface area contributed by atoms with E-state index >= 15 is 0 Å². The average Bonchev–Trinajstić information content (AvgIpc) is 2.11. The van der Waals surface area contributed by atoms with Gasteiger partial charge in [-0.25, -0.2) is 0 Å². The molecule has 0 aromatic heterocycles. The second-order valence-electron chi connectivity index (χ2n) is 2.82. The molecule has 1 amide bonds. The van der Waals surface area contributed by atoms with Gasteiger partial charge in [0.15, 0.2) is 6.04 Å². The highest BCUT2D eigenvalue weighted by molar-refractivity contribution is 5.82. The van der Waals surface area contributed by atoms with Gasteiger partial charge in [0.1, 0.15) is 0 Å². The highest BCUT2D eigenvalue weighted by Crippen LogP contribution is 2.07. The maximum Gasteiger partial charge on any atom is 0.249 e. The topological polar surface area (TPSA) is 116 Å². The molecule has 0 aliphatic rings. The van der Waals surface area contributed by atoms with E-state index in [1.165, 1.54) is 13.8 Å². The van der Waals surface area contributed by atoms with Crippen molar-refractivity contribution in [3.63, 3.8) is 0 Å². The minimum atomic E-state index is -1.34. The summed E-state index contributed by atoms with van der Waals surface area (Å²) in [6.45, 7) is 2.78. The quantitative estimate of drug-likeness (QED) is 0.296. The van der Waals surface area contributed by atoms with Crippen molar-refractivity contribution in [2.24, 2.45) is 10.9 Å². The zero-order chi connectivity index (χ0) is 11.3. The van der Waals surface area contributed by atoms with E-state index in [1.807, 2.05) is 0 Å². The molecule has 0 fully saturated rings. The number of carbonyl (C=O) groups is 1. The number of rotatable bonds is 5. The van der Waals surface area contributed by atoms with Crippen LogP contribution in [-0.2, 0) is 4.79 Å². The highest BCUT2D eigenvalue weighted by atomic mass is 16.6. The summed E-state index contributed by atoms with van der Waals surface area (Å²) in [7, 11) is 0. The summed E-state index contributed by atoms with van der Waals surface area (Å²) in [6.07, 6.45) is 1.10. The second-order valence-corrected chi connectivity index (χ2v) is 2.82. The van der Waals surface area contributed by atoms with Crippen molar-refractivity contribution in [3.05, 3.63) is 26.7 Å². The second kappa shape index (κ2) is 5.05. The molecule has 0 aromatic carbocycles. The fourth-order valence-electron chi connectivity index (χ4n) is 0.719. The van der Waals surface area contributed by atoms with Gasteiger partial charge in [0.05, 0.1) is 0 Å². The third-order valence-corrected chi connectivity index (χ3v) is 1.80. The Morgan fingerprint density at radius 1 is 1.64 bits per heavy atom. The molecule has 2 unspecified atom stereocenters. The first-order valence-corrected chi connectivity index (χ1v) is 3.83. The Bertz CT molecular complexity index is 287. The Morgan fingerprint density at radius 2 is 2.14 bits per heavy atom. The van der Waals surface area contributed by atoms with Crippen LogP contribution in [0.25, 0.3) is 0 Å². The summed E-state index contributed by atoms with van der Waals surface area (Å²) in [5.41, 5.74) is 5.10. The fraction of sp³-hybridized carbons (Fsp3) is 0.571. The van der Waals surface area contributed by atoms with Crippen LogP contribution in [0, 0.1) is 15.0 Å². The number of nitrogens with zero attached hydrogens (tertiary/aromatic N) is 2. The lowest BCUT2D eigenvalue weighted by atomic mass is 10.1. The van der Waals surface area contributed by atoms with Gasteiger partial charge >= 0.3 is 0 Å². The zero-order valence-corrected chi connectivity index (χ0v) is 7.84. The van der Waals surface area contributed by atoms with E-state index in [4.69, 9.17) is 5.73 Å². The molecule has 0 saturated carbocycles. The first-order chi connectivity index (χ1) is 6.40. The van der Waals surface area contributed by atoms with Crippen LogP contribution in [0.5, 0.6) is 0 Å². The van der Waals surface area contributed by atoms with Crippen molar-refractivity contribution >= 4 is 5.91 Å². The number of carbonyl (C=O) groups excluding carboxylic acids is 1. The number of hydrogen-bond donors (Lipinski definition) is 1. The van der Waals surface area contributed by atoms with E-state index in [1.54, 1.807) is 0 Å². The number of nitro groups is 1. The lowest BCUT2D eigenvalue weighted by molar-refractivity contribution is -0.507. The van der Waals surface area contributed by atoms with Crippen LogP contribution in [0.15, 0.2) is 16.8 Å². The van der Waals surface area contributed by atoms with Crippen LogP contribution in [0.4, 0.5) is 0 Å². The predicted molar refractivity (Wildman–Crippen MR) is 49.0 cm³/mol. The lowest BCUT2D eigenvalue weighted by Gasteiger charge is -2.04. The smallest absolute Gasteiger partial charge is 0.249 e. The van der Waals surface area contributed by atoms with E-state index in [0.29, 0.717) is 0 Å². The molecular weight excluding hydrogens is 190 g/mol. The van der Waals surface area contributed by atoms with Crippen LogP contribution in [0.3, 0.4) is 0 Å². The monoisotopic (exact) mass is 201 g/mol. The molecule has 78 valence electrons. The Morgan fingerprint density at radius 3 is 2.43 bits per heavy atom. The molecule has 0 bridgehead atoms. The standard InChI is InChI=1S/C7H11N3O4/c1-4(5(2)10(13)14)3-6(9-12)7(8)11/h3,5-6H,1-2H3,(H2,8,11). The van der Waals surface area contributed by atoms with E-state index in [2.05, 4.69) is 5.18 Å². The van der Waals surface area contributed by atoms with Crippen LogP contribution < -0.4 is 5.73 Å². The van der Waals surface area contributed by atoms with Crippen molar-refractivity contribution in [1.29, 1.82) is 0 Å². The maximum absolute atomic E-state index is 10.6. The molecule has 0 radical (unpaired) electrons. The number of nitrogens with two attached hydrogens (primary N) is 1. The van der Waals surface area contributed by atoms with Gasteiger partial charge in [-0.3, -0.25) is 14.9 Å². The van der Waals surface area contributed by atoms with Crippen molar-refractivity contribution < 1.29 is 9.72 Å². The maximum atomic E-state index is 10.6. The molecule has 0 aliphatic carbocycles. The van der Waals surface area contributed by atoms with Gasteiger partial charge < -0.3 is 5.73 Å². The molecule has 0 saturated heterocycles. The molecule has 7 heteroatoms. The Labute approximate surface area is 80.1 Å². The van der Waals surface area contributed by atoms with Gasteiger partial charge in [0.2, 0.25) is 11.9 Å². The van der Waals surface area contributed by atoms with Crippen molar-refractivity contribution in [2.45, 2.75) is 25.9 Å². The molecule has 14 heavy (non-hydrogen) atoms. The molecular formula is C7H11N3O4. The zero-order valence-electron chi connectivity index (χ0n) is 7.84. The lowest BCUT2D eigenvalue weighted by Crippen LogP contribution is -2.26. The Kier molecular flexibility index (Phi) is 4.41. The summed E-state index contributed by atoms with van der Waals surface area (Å²) in [4.78, 5) is 30.5. The fourth-order valence-corrected chi connectivity index (χ4v) is 0.719. The molecule has 0 aromatic rings. The highest BCUT2D eigenvalue weighted by Gasteiger charge is 2.19. The van der Waals surface area contributed by atoms with Crippen molar-refractivity contribution in [1.82, 2.24) is 0 Å². The SMILES string of the molecule is CC(=CC(N=O)C(N)=O)C(C)[N+](=O)[O-]. The summed E-state index contributed by atoms with van der Waals surface area (Å²) in [5, 5.41) is 12.8. The molecule has 0 rings (SSSR count). The average molecular weight is 201 g/mol. The summed E-state index contributed by atoms with van der Waals surface area (Å²) in [5.74, 6) is -0.921. The van der Waals surface area contributed by atoms with E-state index in [0.717, 1.165) is 6.08 Å². The Balaban J connectivity index is 4.71. The predicted octanol–water partition coefficient (Wildman–Crippen LogP) is 0.218. The van der Waals surface area contributed by atoms with Gasteiger partial charge in [-0.1, -0.05) is 5.18 Å². The van der Waals surface area contributed by atoms with Gasteiger partial charge in [-0.05, 0) is 18.6 Å². The minimum absolute atomic E-state index is 0.276. The Hall–Kier alpha value is -1.79. The third kappa shape index (κ3) is 3.30. The first kappa shape index (κ1) is 12.2. The van der Waals surface area contributed by atoms with E-state index in [-0.39, 0.29) is 5.57 Å². The third-order valence-electron chi connectivity index (χ3n) is 1.80. The summed E-state index contributed by atoms with van der Waals surface area (Å²) in [6, 6.07) is -2.30. The van der Waals surface area contributed by atoms with Crippen LogP contribution >= 0.6 is 0 Å². The van der Waals surface area contributed by atoms with E-state index in [9.17, 15) is 19.8 Å². The van der Waals surface area contributed by atoms with Gasteiger partial charge in [-0.2, -0.15) is 0 Å². The molecule has 0 aliphatic heterocycles. The van der Waals surface area contributed by atoms with Crippen LogP contribution in [0.2, 0.25) is 0 Å². The van der Waals surface area contributed by atoms with Crippen LogP contribution in [0.1, 0.15) is 13.8 Å². The van der Waals surface area contributed by atoms with Gasteiger partial charge in [0.25, 0.3) is 0 Å². The molecule has 2 N–H and O–H groups in total. The number of primary amides is 1. The normalized spacial score (nSPS) is 15.7. The van der Waals surface area contributed by atoms with E-state index < -0.39 is 22.9 Å². The summed E-state index contributed by atoms with van der Waals surface area (Å²) < 4.78 is 0. The molecule has 2 atom stereocenters.